The molecule has 5 N–H and O–H groups in total. The second-order valence-corrected chi connectivity index (χ2v) is 11.9. The number of rotatable bonds is 12. The maximum Gasteiger partial charge on any atom is 0.336 e. The van der Waals surface area contributed by atoms with Crippen LogP contribution in [-0.2, 0) is 27.5 Å². The normalized spacial score (nSPS) is 16.2. The molecule has 12 heteroatoms. The number of nitrogens with zero attached hydrogens (tertiary/aromatic N) is 2. The average molecular weight is 590 g/mol. The summed E-state index contributed by atoms with van der Waals surface area (Å²) in [7, 11) is 3.43. The number of hydrogen-bond donors (Lipinski definition) is 5. The minimum atomic E-state index is -2.74. The molecule has 1 fully saturated rings. The lowest BCUT2D eigenvalue weighted by Gasteiger charge is -2.49. The lowest BCUT2D eigenvalue weighted by Crippen LogP contribution is -2.62. The molecule has 0 bridgehead atoms. The fourth-order valence-corrected chi connectivity index (χ4v) is 5.51. The summed E-state index contributed by atoms with van der Waals surface area (Å²) in [5, 5.41) is 37.6. The Morgan fingerprint density at radius 1 is 0.976 bits per heavy atom. The van der Waals surface area contributed by atoms with Gasteiger partial charge in [-0.1, -0.05) is 6.07 Å². The van der Waals surface area contributed by atoms with Gasteiger partial charge in [0.15, 0.2) is 5.60 Å². The van der Waals surface area contributed by atoms with E-state index >= 15 is 0 Å². The monoisotopic (exact) mass is 589 g/mol. The number of carboxylic acids is 3. The molecule has 1 saturated heterocycles. The Morgan fingerprint density at radius 3 is 2.02 bits per heavy atom. The molecule has 0 aliphatic carbocycles. The Balaban J connectivity index is 0.000000401. The zero-order valence-corrected chi connectivity index (χ0v) is 25.1. The molecule has 42 heavy (non-hydrogen) atoms. The molecule has 0 spiro atoms. The number of aliphatic carboxylic acids is 3. The number of aromatic nitrogens is 1. The van der Waals surface area contributed by atoms with Crippen molar-refractivity contribution in [2.45, 2.75) is 89.2 Å². The summed E-state index contributed by atoms with van der Waals surface area (Å²) in [5.41, 5.74) is -0.207. The van der Waals surface area contributed by atoms with Crippen molar-refractivity contribution in [2.24, 2.45) is 0 Å². The van der Waals surface area contributed by atoms with Crippen molar-refractivity contribution in [3.8, 4) is 11.5 Å². The van der Waals surface area contributed by atoms with Crippen molar-refractivity contribution in [1.29, 1.82) is 0 Å². The zero-order chi connectivity index (χ0) is 31.7. The van der Waals surface area contributed by atoms with Gasteiger partial charge in [0.2, 0.25) is 0 Å². The van der Waals surface area contributed by atoms with Gasteiger partial charge in [0.1, 0.15) is 11.5 Å². The van der Waals surface area contributed by atoms with Gasteiger partial charge in [-0.3, -0.25) is 19.5 Å². The Bertz CT molecular complexity index is 1190. The lowest BCUT2D eigenvalue weighted by atomic mass is 9.78. The molecule has 3 rings (SSSR count). The second-order valence-electron chi connectivity index (χ2n) is 11.9. The van der Waals surface area contributed by atoms with Crippen molar-refractivity contribution in [2.75, 3.05) is 14.2 Å². The highest BCUT2D eigenvalue weighted by molar-refractivity contribution is 5.88. The van der Waals surface area contributed by atoms with E-state index in [4.69, 9.17) is 29.9 Å². The number of carboxylic acid groups (broad SMARTS) is 3. The number of ether oxygens (including phenoxy) is 2. The molecular formula is C30H43N3O9. The Labute approximate surface area is 246 Å². The van der Waals surface area contributed by atoms with Crippen molar-refractivity contribution in [3.63, 3.8) is 0 Å². The van der Waals surface area contributed by atoms with E-state index in [0.717, 1.165) is 43.0 Å². The van der Waals surface area contributed by atoms with E-state index in [1.807, 2.05) is 30.6 Å². The molecule has 1 aromatic heterocycles. The number of aliphatic hydroxyl groups is 1. The molecule has 1 aliphatic rings. The summed E-state index contributed by atoms with van der Waals surface area (Å²) < 4.78 is 11.1. The molecule has 2 aromatic rings. The predicted molar refractivity (Wildman–Crippen MR) is 154 cm³/mol. The highest BCUT2D eigenvalue weighted by Gasteiger charge is 2.41. The van der Waals surface area contributed by atoms with E-state index in [9.17, 15) is 14.4 Å². The standard InChI is InChI=1S/C24H35N3O2.C6H8O7/c1-23(2)13-20(14-24(3,4)26-23)27(16-18-8-7-11-25-15-18)17-19-12-21(28-5)9-10-22(19)29-6;7-3(8)1-6(13,5(11)12)2-4(9)10/h7-12,15,20,26H,13-14,16-17H2,1-6H3;13H,1-2H2,(H,7,8)(H,9,10)(H,11,12). The van der Waals surface area contributed by atoms with Crippen molar-refractivity contribution >= 4 is 17.9 Å². The lowest BCUT2D eigenvalue weighted by molar-refractivity contribution is -0.170. The quantitative estimate of drug-likeness (QED) is 0.245. The Hall–Kier alpha value is -3.74. The SMILES string of the molecule is COc1ccc(OC)c(CN(Cc2cccnc2)C2CC(C)(C)NC(C)(C)C2)c1.O=C(O)CC(O)(CC(=O)O)C(=O)O. The molecule has 2 heterocycles. The fraction of sp³-hybridized carbons (Fsp3) is 0.533. The van der Waals surface area contributed by atoms with Crippen LogP contribution in [0.1, 0.15) is 64.5 Å². The fourth-order valence-electron chi connectivity index (χ4n) is 5.51. The molecule has 0 atom stereocenters. The van der Waals surface area contributed by atoms with E-state index in [1.165, 1.54) is 5.56 Å². The van der Waals surface area contributed by atoms with Gasteiger partial charge >= 0.3 is 17.9 Å². The van der Waals surface area contributed by atoms with Gasteiger partial charge in [0.25, 0.3) is 0 Å². The average Bonchev–Trinajstić information content (AvgIpc) is 2.86. The molecule has 0 amide bonds. The first-order valence-corrected chi connectivity index (χ1v) is 13.5. The van der Waals surface area contributed by atoms with E-state index < -0.39 is 36.4 Å². The molecule has 1 aliphatic heterocycles. The van der Waals surface area contributed by atoms with Crippen molar-refractivity contribution in [1.82, 2.24) is 15.2 Å². The smallest absolute Gasteiger partial charge is 0.336 e. The minimum Gasteiger partial charge on any atom is -0.497 e. The Morgan fingerprint density at radius 2 is 1.57 bits per heavy atom. The van der Waals surface area contributed by atoms with Gasteiger partial charge in [0.05, 0.1) is 27.1 Å². The van der Waals surface area contributed by atoms with Crippen molar-refractivity contribution in [3.05, 3.63) is 53.9 Å². The third-order valence-corrected chi connectivity index (χ3v) is 6.94. The van der Waals surface area contributed by atoms with Crippen LogP contribution in [0.4, 0.5) is 0 Å². The van der Waals surface area contributed by atoms with E-state index in [0.29, 0.717) is 6.04 Å². The van der Waals surface area contributed by atoms with Crippen LogP contribution in [0.5, 0.6) is 11.5 Å². The van der Waals surface area contributed by atoms with Gasteiger partial charge in [-0.25, -0.2) is 4.79 Å². The molecule has 0 unspecified atom stereocenters. The van der Waals surface area contributed by atoms with E-state index in [2.05, 4.69) is 55.0 Å². The maximum absolute atomic E-state index is 10.3. The first-order chi connectivity index (χ1) is 19.5. The van der Waals surface area contributed by atoms with Crippen molar-refractivity contribution < 1.29 is 44.3 Å². The number of piperidine rings is 1. The number of nitrogens with one attached hydrogen (secondary N) is 1. The molecule has 12 nitrogen and oxygen atoms in total. The number of pyridine rings is 1. The summed E-state index contributed by atoms with van der Waals surface area (Å²) in [4.78, 5) is 37.4. The molecule has 232 valence electrons. The first kappa shape index (κ1) is 34.5. The van der Waals surface area contributed by atoms with Crippen LogP contribution in [0.3, 0.4) is 0 Å². The molecule has 0 saturated carbocycles. The van der Waals surface area contributed by atoms with Gasteiger partial charge in [-0.2, -0.15) is 0 Å². The van der Waals surface area contributed by atoms with Gasteiger partial charge < -0.3 is 35.2 Å². The summed E-state index contributed by atoms with van der Waals surface area (Å²) in [6, 6.07) is 10.6. The summed E-state index contributed by atoms with van der Waals surface area (Å²) in [6.45, 7) is 10.9. The summed E-state index contributed by atoms with van der Waals surface area (Å²) >= 11 is 0. The summed E-state index contributed by atoms with van der Waals surface area (Å²) in [6.07, 6.45) is 3.68. The van der Waals surface area contributed by atoms with E-state index in [-0.39, 0.29) is 11.1 Å². The molecular weight excluding hydrogens is 546 g/mol. The number of methoxy groups -OCH3 is 2. The van der Waals surface area contributed by atoms with Crippen LogP contribution in [0, 0.1) is 0 Å². The highest BCUT2D eigenvalue weighted by Crippen LogP contribution is 2.34. The minimum absolute atomic E-state index is 0.0814. The zero-order valence-electron chi connectivity index (χ0n) is 25.1. The molecule has 0 radical (unpaired) electrons. The van der Waals surface area contributed by atoms with Gasteiger partial charge in [0, 0.05) is 48.2 Å². The topological polar surface area (TPSA) is 179 Å². The van der Waals surface area contributed by atoms with Gasteiger partial charge in [-0.05, 0) is 70.4 Å². The van der Waals surface area contributed by atoms with Crippen LogP contribution in [0.2, 0.25) is 0 Å². The first-order valence-electron chi connectivity index (χ1n) is 13.5. The molecule has 1 aromatic carbocycles. The van der Waals surface area contributed by atoms with Crippen LogP contribution in [0.15, 0.2) is 42.7 Å². The predicted octanol–water partition coefficient (Wildman–Crippen LogP) is 3.16. The maximum atomic E-state index is 10.3. The number of carbonyl (C=O) groups is 3. The van der Waals surface area contributed by atoms with Crippen LogP contribution < -0.4 is 14.8 Å². The van der Waals surface area contributed by atoms with Crippen LogP contribution in [0.25, 0.3) is 0 Å². The highest BCUT2D eigenvalue weighted by atomic mass is 16.5. The third kappa shape index (κ3) is 10.6. The van der Waals surface area contributed by atoms with E-state index in [1.54, 1.807) is 14.2 Å². The summed E-state index contributed by atoms with van der Waals surface area (Å²) in [5.74, 6) is -3.27. The Kier molecular flexibility index (Phi) is 11.8. The largest absolute Gasteiger partial charge is 0.497 e. The number of benzene rings is 1. The van der Waals surface area contributed by atoms with Crippen LogP contribution in [-0.4, -0.2) is 85.2 Å². The number of hydrogen-bond acceptors (Lipinski definition) is 9. The second kappa shape index (κ2) is 14.4. The van der Waals surface area contributed by atoms with Crippen LogP contribution >= 0.6 is 0 Å². The van der Waals surface area contributed by atoms with Gasteiger partial charge in [-0.15, -0.1) is 0 Å². The third-order valence-electron chi connectivity index (χ3n) is 6.94.